The lowest BCUT2D eigenvalue weighted by atomic mass is 10.1. The van der Waals surface area contributed by atoms with E-state index >= 15 is 0 Å². The van der Waals surface area contributed by atoms with E-state index in [9.17, 15) is 4.79 Å². The van der Waals surface area contributed by atoms with E-state index in [0.29, 0.717) is 6.42 Å². The van der Waals surface area contributed by atoms with Crippen molar-refractivity contribution in [1.29, 1.82) is 0 Å². The molecule has 0 aromatic rings. The van der Waals surface area contributed by atoms with Crippen LogP contribution in [-0.2, 0) is 9.53 Å². The molecule has 0 saturated carbocycles. The minimum atomic E-state index is -2.43. The van der Waals surface area contributed by atoms with E-state index in [1.807, 2.05) is 6.92 Å². The SMILES string of the molecule is [2H]C([2H])(CCCCC)C1([2H])OC(=O)CC1([2H])[2H]. The first-order chi connectivity index (χ1) is 7.66. The van der Waals surface area contributed by atoms with Crippen molar-refractivity contribution in [3.05, 3.63) is 0 Å². The second kappa shape index (κ2) is 5.18. The summed E-state index contributed by atoms with van der Waals surface area (Å²) in [7, 11) is 0. The molecular weight excluding hydrogens is 152 g/mol. The summed E-state index contributed by atoms with van der Waals surface area (Å²) in [6.07, 6.45) is -5.12. The highest BCUT2D eigenvalue weighted by Gasteiger charge is 2.22. The largest absolute Gasteiger partial charge is 0.462 e. The number of carbonyl (C=O) groups excluding carboxylic acids is 1. The summed E-state index contributed by atoms with van der Waals surface area (Å²) < 4.78 is 43.3. The minimum Gasteiger partial charge on any atom is -0.462 e. The first-order valence-corrected chi connectivity index (χ1v) is 4.38. The maximum Gasteiger partial charge on any atom is 0.306 e. The fourth-order valence-electron chi connectivity index (χ4n) is 1.01. The minimum absolute atomic E-state index is 0.0249. The summed E-state index contributed by atoms with van der Waals surface area (Å²) in [5.74, 6) is -0.843. The van der Waals surface area contributed by atoms with Crippen LogP contribution in [0.1, 0.15) is 58.6 Å². The molecule has 0 bridgehead atoms. The van der Waals surface area contributed by atoms with Crippen molar-refractivity contribution in [2.45, 2.75) is 57.9 Å². The smallest absolute Gasteiger partial charge is 0.306 e. The first kappa shape index (κ1) is 4.64. The highest BCUT2D eigenvalue weighted by atomic mass is 16.5. The van der Waals surface area contributed by atoms with Crippen LogP contribution in [0.2, 0.25) is 0 Å². The van der Waals surface area contributed by atoms with E-state index in [1.165, 1.54) is 0 Å². The number of esters is 1. The molecule has 0 aliphatic carbocycles. The van der Waals surface area contributed by atoms with Gasteiger partial charge in [-0.15, -0.1) is 0 Å². The summed E-state index contributed by atoms with van der Waals surface area (Å²) in [5.41, 5.74) is 0. The lowest BCUT2D eigenvalue weighted by molar-refractivity contribution is -0.141. The van der Waals surface area contributed by atoms with E-state index in [0.717, 1.165) is 12.8 Å². The quantitative estimate of drug-likeness (QED) is 0.474. The Morgan fingerprint density at radius 2 is 2.58 bits per heavy atom. The average molecular weight is 175 g/mol. The lowest BCUT2D eigenvalue weighted by Gasteiger charge is -2.07. The number of hydrogen-bond acceptors (Lipinski definition) is 2. The van der Waals surface area contributed by atoms with Gasteiger partial charge < -0.3 is 4.74 Å². The molecule has 70 valence electrons. The third-order valence-corrected chi connectivity index (χ3v) is 1.68. The van der Waals surface area contributed by atoms with Crippen LogP contribution in [0.4, 0.5) is 0 Å². The third kappa shape index (κ3) is 3.24. The standard InChI is InChI=1S/C10H18O2/c1-2-3-4-5-6-9-7-8-10(11)12-9/h9H,2-8H2,1H3/i6D2,7D2,9D. The number of cyclic esters (lactones) is 1. The van der Waals surface area contributed by atoms with Gasteiger partial charge in [-0.3, -0.25) is 4.79 Å². The van der Waals surface area contributed by atoms with Gasteiger partial charge in [0.2, 0.25) is 0 Å². The first-order valence-electron chi connectivity index (χ1n) is 6.88. The number of rotatable bonds is 5. The van der Waals surface area contributed by atoms with Gasteiger partial charge in [-0.05, 0) is 19.2 Å². The zero-order valence-corrected chi connectivity index (χ0v) is 7.35. The van der Waals surface area contributed by atoms with E-state index in [1.54, 1.807) is 0 Å². The average Bonchev–Trinajstić information content (AvgIpc) is 2.36. The van der Waals surface area contributed by atoms with Crippen molar-refractivity contribution in [1.82, 2.24) is 0 Å². The van der Waals surface area contributed by atoms with E-state index in [4.69, 9.17) is 6.85 Å². The molecule has 1 unspecified atom stereocenters. The second-order valence-electron chi connectivity index (χ2n) is 2.79. The van der Waals surface area contributed by atoms with Crippen LogP contribution in [0, 0.1) is 0 Å². The Morgan fingerprint density at radius 1 is 1.75 bits per heavy atom. The van der Waals surface area contributed by atoms with Crippen LogP contribution >= 0.6 is 0 Å². The van der Waals surface area contributed by atoms with Crippen LogP contribution in [0.25, 0.3) is 0 Å². The molecule has 1 aliphatic heterocycles. The van der Waals surface area contributed by atoms with Crippen LogP contribution in [0.3, 0.4) is 0 Å². The lowest BCUT2D eigenvalue weighted by Crippen LogP contribution is -2.05. The van der Waals surface area contributed by atoms with Gasteiger partial charge >= 0.3 is 5.97 Å². The highest BCUT2D eigenvalue weighted by Crippen LogP contribution is 2.19. The van der Waals surface area contributed by atoms with Crippen molar-refractivity contribution in [3.8, 4) is 0 Å². The summed E-state index contributed by atoms with van der Waals surface area (Å²) >= 11 is 0. The summed E-state index contributed by atoms with van der Waals surface area (Å²) in [4.78, 5) is 11.1. The summed E-state index contributed by atoms with van der Waals surface area (Å²) in [6, 6.07) is 0. The molecule has 1 aliphatic rings. The van der Waals surface area contributed by atoms with Crippen molar-refractivity contribution >= 4 is 5.97 Å². The number of hydrogen-bond donors (Lipinski definition) is 0. The van der Waals surface area contributed by atoms with Crippen LogP contribution < -0.4 is 0 Å². The Kier molecular flexibility index (Phi) is 2.00. The molecule has 0 aromatic heterocycles. The van der Waals surface area contributed by atoms with E-state index in [2.05, 4.69) is 4.74 Å². The van der Waals surface area contributed by atoms with Crippen molar-refractivity contribution < 1.29 is 16.4 Å². The van der Waals surface area contributed by atoms with Crippen molar-refractivity contribution in [3.63, 3.8) is 0 Å². The van der Waals surface area contributed by atoms with Gasteiger partial charge in [-0.1, -0.05) is 26.2 Å². The van der Waals surface area contributed by atoms with Gasteiger partial charge in [0.15, 0.2) is 0 Å². The van der Waals surface area contributed by atoms with Crippen LogP contribution in [-0.4, -0.2) is 12.0 Å². The van der Waals surface area contributed by atoms with Crippen LogP contribution in [0.5, 0.6) is 0 Å². The predicted molar refractivity (Wildman–Crippen MR) is 47.9 cm³/mol. The van der Waals surface area contributed by atoms with Gasteiger partial charge in [0, 0.05) is 11.9 Å². The molecule has 1 fully saturated rings. The Bertz CT molecular complexity index is 305. The van der Waals surface area contributed by atoms with Gasteiger partial charge in [0.1, 0.15) is 6.08 Å². The number of ether oxygens (including phenoxy) is 1. The van der Waals surface area contributed by atoms with E-state index < -0.39 is 31.2 Å². The summed E-state index contributed by atoms with van der Waals surface area (Å²) in [6.45, 7) is 1.97. The Hall–Kier alpha value is -0.530. The monoisotopic (exact) mass is 175 g/mol. The molecule has 1 saturated heterocycles. The molecule has 1 heterocycles. The maximum absolute atomic E-state index is 11.1. The van der Waals surface area contributed by atoms with E-state index in [-0.39, 0.29) is 6.42 Å². The molecule has 1 atom stereocenters. The third-order valence-electron chi connectivity index (χ3n) is 1.68. The normalized spacial score (nSPS) is 40.4. The molecule has 0 spiro atoms. The van der Waals surface area contributed by atoms with Gasteiger partial charge in [0.05, 0.1) is 1.37 Å². The zero-order chi connectivity index (χ0) is 13.3. The number of unbranched alkanes of at least 4 members (excludes halogenated alkanes) is 2. The molecule has 0 aromatic carbocycles. The van der Waals surface area contributed by atoms with Gasteiger partial charge in [-0.2, -0.15) is 0 Å². The molecule has 0 N–H and O–H groups in total. The fourth-order valence-corrected chi connectivity index (χ4v) is 1.01. The van der Waals surface area contributed by atoms with Crippen LogP contribution in [0.15, 0.2) is 0 Å². The molecular formula is C10H18O2. The molecule has 0 amide bonds. The Morgan fingerprint density at radius 3 is 3.17 bits per heavy atom. The Balaban J connectivity index is 2.84. The highest BCUT2D eigenvalue weighted by molar-refractivity contribution is 5.71. The van der Waals surface area contributed by atoms with Crippen molar-refractivity contribution in [2.24, 2.45) is 0 Å². The molecule has 2 heteroatoms. The number of carbonyl (C=O) groups is 1. The topological polar surface area (TPSA) is 26.3 Å². The second-order valence-corrected chi connectivity index (χ2v) is 2.79. The van der Waals surface area contributed by atoms with Gasteiger partial charge in [0.25, 0.3) is 0 Å². The Labute approximate surface area is 81.3 Å². The summed E-state index contributed by atoms with van der Waals surface area (Å²) in [5, 5.41) is 0. The fraction of sp³-hybridized carbons (Fsp3) is 0.900. The molecule has 2 nitrogen and oxygen atoms in total. The maximum atomic E-state index is 11.1. The zero-order valence-electron chi connectivity index (χ0n) is 12.4. The van der Waals surface area contributed by atoms with Crippen molar-refractivity contribution in [2.75, 3.05) is 0 Å². The molecule has 0 radical (unpaired) electrons. The van der Waals surface area contributed by atoms with Gasteiger partial charge in [-0.25, -0.2) is 0 Å². The predicted octanol–water partition coefficient (Wildman–Crippen LogP) is 2.66. The molecule has 1 rings (SSSR count). The molecule has 12 heavy (non-hydrogen) atoms.